The van der Waals surface area contributed by atoms with Gasteiger partial charge in [0, 0.05) is 34.5 Å². The van der Waals surface area contributed by atoms with Crippen molar-refractivity contribution in [3.05, 3.63) is 132 Å². The third-order valence-electron chi connectivity index (χ3n) is 6.65. The molecule has 4 aromatic rings. The maximum atomic E-state index is 13.7. The van der Waals surface area contributed by atoms with Crippen LogP contribution in [0.3, 0.4) is 0 Å². The second-order valence-corrected chi connectivity index (χ2v) is 12.0. The van der Waals surface area contributed by atoms with Crippen LogP contribution >= 0.6 is 7.05 Å². The van der Waals surface area contributed by atoms with E-state index in [9.17, 15) is 4.39 Å². The Morgan fingerprint density at radius 2 is 1.26 bits per heavy atom. The molecule has 1 aliphatic rings. The highest BCUT2D eigenvalue weighted by atomic mass is 31.2. The normalized spacial score (nSPS) is 15.9. The SMILES string of the molecule is CN1C(=CP(=Nc2ccc(F)cc2)(c2ccccc2)c2ccccc2)C(C)(C)c2ccccc21. The molecule has 170 valence electrons. The summed E-state index contributed by atoms with van der Waals surface area (Å²) in [5.74, 6) is 2.15. The molecule has 0 aromatic heterocycles. The van der Waals surface area contributed by atoms with Gasteiger partial charge in [-0.15, -0.1) is 0 Å². The number of allylic oxidation sites excluding steroid dienone is 1. The minimum atomic E-state index is -2.43. The van der Waals surface area contributed by atoms with E-state index in [2.05, 4.69) is 104 Å². The molecule has 0 saturated heterocycles. The predicted molar refractivity (Wildman–Crippen MR) is 144 cm³/mol. The number of para-hydroxylation sites is 1. The Morgan fingerprint density at radius 3 is 1.82 bits per heavy atom. The fourth-order valence-electron chi connectivity index (χ4n) is 4.85. The number of halogens is 1. The number of fused-ring (bicyclic) bond motifs is 1. The quantitative estimate of drug-likeness (QED) is 0.283. The first-order valence-corrected chi connectivity index (χ1v) is 13.3. The Kier molecular flexibility index (Phi) is 5.75. The summed E-state index contributed by atoms with van der Waals surface area (Å²) in [6.07, 6.45) is 0. The zero-order valence-electron chi connectivity index (χ0n) is 19.7. The smallest absolute Gasteiger partial charge is 0.123 e. The third-order valence-corrected chi connectivity index (χ3v) is 9.98. The van der Waals surface area contributed by atoms with E-state index >= 15 is 0 Å². The van der Waals surface area contributed by atoms with Crippen LogP contribution < -0.4 is 15.5 Å². The standard InChI is InChI=1S/C30H28FN2P/c1-30(2)27-16-10-11-17-28(27)33(3)29(30)22-34(25-12-6-4-7-13-25,26-14-8-5-9-15-26)32-24-20-18-23(31)19-21-24/h4-22H,1-3H3. The lowest BCUT2D eigenvalue weighted by Gasteiger charge is -2.30. The largest absolute Gasteiger partial charge is 0.347 e. The van der Waals surface area contributed by atoms with Gasteiger partial charge in [0.05, 0.1) is 12.7 Å². The summed E-state index contributed by atoms with van der Waals surface area (Å²) in [7, 11) is -0.293. The molecule has 0 radical (unpaired) electrons. The molecule has 0 aliphatic carbocycles. The zero-order chi connectivity index (χ0) is 23.8. The monoisotopic (exact) mass is 466 g/mol. The summed E-state index contributed by atoms with van der Waals surface area (Å²) in [6, 6.07) is 36.1. The number of anilines is 1. The molecule has 5 rings (SSSR count). The molecule has 0 saturated carbocycles. The van der Waals surface area contributed by atoms with Gasteiger partial charge in [0.2, 0.25) is 0 Å². The maximum Gasteiger partial charge on any atom is 0.123 e. The first kappa shape index (κ1) is 22.4. The molecule has 0 unspecified atom stereocenters. The lowest BCUT2D eigenvalue weighted by atomic mass is 9.84. The van der Waals surface area contributed by atoms with Gasteiger partial charge in [0.1, 0.15) is 5.82 Å². The summed E-state index contributed by atoms with van der Waals surface area (Å²) in [5, 5.41) is 2.33. The van der Waals surface area contributed by atoms with Crippen molar-refractivity contribution in [2.24, 2.45) is 4.74 Å². The number of benzene rings is 4. The van der Waals surface area contributed by atoms with E-state index < -0.39 is 7.05 Å². The highest BCUT2D eigenvalue weighted by Crippen LogP contribution is 2.57. The predicted octanol–water partition coefficient (Wildman–Crippen LogP) is 7.58. The Balaban J connectivity index is 1.86. The van der Waals surface area contributed by atoms with Crippen molar-refractivity contribution in [1.29, 1.82) is 0 Å². The van der Waals surface area contributed by atoms with Gasteiger partial charge < -0.3 is 4.90 Å². The summed E-state index contributed by atoms with van der Waals surface area (Å²) < 4.78 is 19.2. The second-order valence-electron chi connectivity index (χ2n) is 9.15. The van der Waals surface area contributed by atoms with Crippen molar-refractivity contribution < 1.29 is 4.39 Å². The van der Waals surface area contributed by atoms with E-state index in [-0.39, 0.29) is 11.2 Å². The molecule has 0 N–H and O–H groups in total. The molecule has 0 amide bonds. The van der Waals surface area contributed by atoms with Crippen molar-refractivity contribution in [3.8, 4) is 0 Å². The van der Waals surface area contributed by atoms with Gasteiger partial charge in [-0.3, -0.25) is 4.74 Å². The summed E-state index contributed by atoms with van der Waals surface area (Å²) in [4.78, 5) is 2.30. The average molecular weight is 467 g/mol. The Morgan fingerprint density at radius 1 is 0.735 bits per heavy atom. The number of nitrogens with zero attached hydrogens (tertiary/aromatic N) is 2. The Bertz CT molecular complexity index is 1350. The molecule has 4 aromatic carbocycles. The molecule has 1 aliphatic heterocycles. The van der Waals surface area contributed by atoms with Crippen LogP contribution in [0.5, 0.6) is 0 Å². The van der Waals surface area contributed by atoms with Crippen LogP contribution in [0.25, 0.3) is 0 Å². The van der Waals surface area contributed by atoms with Gasteiger partial charge in [0.25, 0.3) is 0 Å². The van der Waals surface area contributed by atoms with E-state index in [0.717, 1.165) is 16.3 Å². The van der Waals surface area contributed by atoms with Gasteiger partial charge in [-0.1, -0.05) is 92.7 Å². The second kappa shape index (κ2) is 8.74. The van der Waals surface area contributed by atoms with Crippen LogP contribution in [-0.4, -0.2) is 7.05 Å². The highest BCUT2D eigenvalue weighted by Gasteiger charge is 2.40. The van der Waals surface area contributed by atoms with E-state index in [1.807, 2.05) is 12.1 Å². The minimum absolute atomic E-state index is 0.182. The van der Waals surface area contributed by atoms with E-state index in [1.165, 1.54) is 29.1 Å². The van der Waals surface area contributed by atoms with Crippen molar-refractivity contribution in [2.75, 3.05) is 11.9 Å². The van der Waals surface area contributed by atoms with Gasteiger partial charge in [-0.05, 0) is 41.7 Å². The van der Waals surface area contributed by atoms with Crippen LogP contribution in [-0.2, 0) is 5.41 Å². The van der Waals surface area contributed by atoms with Gasteiger partial charge in [0.15, 0.2) is 0 Å². The topological polar surface area (TPSA) is 15.6 Å². The molecular formula is C30H28FN2P. The van der Waals surface area contributed by atoms with Crippen molar-refractivity contribution in [2.45, 2.75) is 19.3 Å². The number of hydrogen-bond acceptors (Lipinski definition) is 2. The molecule has 2 nitrogen and oxygen atoms in total. The molecule has 34 heavy (non-hydrogen) atoms. The van der Waals surface area contributed by atoms with Crippen molar-refractivity contribution >= 4 is 29.0 Å². The van der Waals surface area contributed by atoms with Gasteiger partial charge in [-0.25, -0.2) is 4.39 Å². The lowest BCUT2D eigenvalue weighted by molar-refractivity contribution is 0.628. The highest BCUT2D eigenvalue weighted by molar-refractivity contribution is 7.83. The molecule has 1 heterocycles. The fraction of sp³-hybridized carbons (Fsp3) is 0.133. The first-order chi connectivity index (χ1) is 16.4. The minimum Gasteiger partial charge on any atom is -0.347 e. The van der Waals surface area contributed by atoms with Gasteiger partial charge >= 0.3 is 0 Å². The van der Waals surface area contributed by atoms with Crippen LogP contribution in [0.2, 0.25) is 0 Å². The molecule has 0 fully saturated rings. The van der Waals surface area contributed by atoms with Gasteiger partial charge in [-0.2, -0.15) is 0 Å². The molecular weight excluding hydrogens is 438 g/mol. The lowest BCUT2D eigenvalue weighted by Crippen LogP contribution is -2.25. The van der Waals surface area contributed by atoms with E-state index in [0.29, 0.717) is 0 Å². The summed E-state index contributed by atoms with van der Waals surface area (Å²) >= 11 is 0. The van der Waals surface area contributed by atoms with Crippen molar-refractivity contribution in [3.63, 3.8) is 0 Å². The Hall–Kier alpha value is -3.42. The van der Waals surface area contributed by atoms with E-state index in [1.54, 1.807) is 12.1 Å². The zero-order valence-corrected chi connectivity index (χ0v) is 20.6. The van der Waals surface area contributed by atoms with Crippen LogP contribution in [0.1, 0.15) is 19.4 Å². The van der Waals surface area contributed by atoms with E-state index in [4.69, 9.17) is 4.74 Å². The molecule has 4 heteroatoms. The van der Waals surface area contributed by atoms with Crippen molar-refractivity contribution in [1.82, 2.24) is 0 Å². The number of rotatable bonds is 4. The summed E-state index contributed by atoms with van der Waals surface area (Å²) in [5.41, 5.74) is 4.35. The number of likely N-dealkylation sites (N-methyl/N-ethyl adjacent to an activating group) is 1. The number of hydrogen-bond donors (Lipinski definition) is 0. The molecule has 0 atom stereocenters. The molecule has 0 spiro atoms. The fourth-order valence-corrected chi connectivity index (χ4v) is 8.34. The maximum absolute atomic E-state index is 13.7. The third kappa shape index (κ3) is 3.81. The Labute approximate surface area is 201 Å². The molecule has 0 bridgehead atoms. The first-order valence-electron chi connectivity index (χ1n) is 11.5. The van der Waals surface area contributed by atoms with Crippen LogP contribution in [0.4, 0.5) is 15.8 Å². The summed E-state index contributed by atoms with van der Waals surface area (Å²) in [6.45, 7) is 4.56. The van der Waals surface area contributed by atoms with Crippen LogP contribution in [0.15, 0.2) is 125 Å². The van der Waals surface area contributed by atoms with Crippen LogP contribution in [0, 0.1) is 5.82 Å². The average Bonchev–Trinajstić information content (AvgIpc) is 3.06.